The fourth-order valence-corrected chi connectivity index (χ4v) is 0.935. The molecular weight excluding hydrogens is 289 g/mol. The second-order valence-electron chi connectivity index (χ2n) is 3.30. The Balaban J connectivity index is 5.24. The van der Waals surface area contributed by atoms with E-state index in [9.17, 15) is 35.5 Å². The molecule has 1 unspecified atom stereocenters. The molecule has 0 bridgehead atoms. The third-order valence-corrected chi connectivity index (χ3v) is 2.14. The molecule has 0 aliphatic carbocycles. The van der Waals surface area contributed by atoms with E-state index in [2.05, 4.69) is 16.4 Å². The van der Waals surface area contributed by atoms with Crippen LogP contribution in [0.2, 0.25) is 0 Å². The zero-order chi connectivity index (χ0) is 15.5. The van der Waals surface area contributed by atoms with Crippen LogP contribution in [-0.2, 0) is 14.6 Å². The van der Waals surface area contributed by atoms with Crippen LogP contribution in [0.25, 0.3) is 0 Å². The zero-order valence-electron chi connectivity index (χ0n) is 9.44. The van der Waals surface area contributed by atoms with Gasteiger partial charge in [0.05, 0.1) is 0 Å². The summed E-state index contributed by atoms with van der Waals surface area (Å²) in [6, 6.07) is 0. The molecule has 0 N–H and O–H groups in total. The van der Waals surface area contributed by atoms with Gasteiger partial charge in [-0.25, -0.2) is 18.0 Å². The van der Waals surface area contributed by atoms with Crippen molar-refractivity contribution in [3.8, 4) is 0 Å². The Bertz CT molecular complexity index is 345. The molecule has 0 amide bonds. The lowest BCUT2D eigenvalue weighted by molar-refractivity contribution is -0.482. The molecule has 0 aliphatic heterocycles. The predicted octanol–water partition coefficient (Wildman–Crippen LogP) is 3.26. The summed E-state index contributed by atoms with van der Waals surface area (Å²) in [4.78, 5) is 16.3. The molecule has 112 valence electrons. The van der Waals surface area contributed by atoms with Gasteiger partial charge in [0.1, 0.15) is 0 Å². The lowest BCUT2D eigenvalue weighted by Crippen LogP contribution is -2.60. The van der Waals surface area contributed by atoms with Crippen molar-refractivity contribution in [1.29, 1.82) is 0 Å². The largest absolute Gasteiger partial charge is 0.458 e. The van der Waals surface area contributed by atoms with Gasteiger partial charge in [0.2, 0.25) is 5.67 Å². The van der Waals surface area contributed by atoms with Crippen LogP contribution in [0, 0.1) is 0 Å². The summed E-state index contributed by atoms with van der Waals surface area (Å²) in [6.45, 7) is 3.26. The molecule has 19 heavy (non-hydrogen) atoms. The number of hydrogen-bond donors (Lipinski definition) is 0. The molecule has 0 heterocycles. The van der Waals surface area contributed by atoms with Crippen LogP contribution in [0.1, 0.15) is 13.3 Å². The second kappa shape index (κ2) is 5.76. The SMILES string of the molecule is C=CC(=O)OOC(F)(F)C(F)(F)C(F)(CC)C(F)F. The van der Waals surface area contributed by atoms with E-state index >= 15 is 0 Å². The Morgan fingerprint density at radius 3 is 2.05 bits per heavy atom. The number of hydrogen-bond acceptors (Lipinski definition) is 3. The molecule has 0 aliphatic rings. The molecule has 1 atom stereocenters. The van der Waals surface area contributed by atoms with Gasteiger partial charge in [0, 0.05) is 6.08 Å². The standard InChI is InChI=1S/C9H9F7O3/c1-3-5(17)18-19-9(15,16)8(13,14)7(12,4-2)6(10)11/h3,6H,1,4H2,2H3. The van der Waals surface area contributed by atoms with Gasteiger partial charge in [-0.15, -0.1) is 4.89 Å². The Hall–Kier alpha value is -1.32. The minimum atomic E-state index is -5.93. The number of carbonyl (C=O) groups is 1. The van der Waals surface area contributed by atoms with Crippen molar-refractivity contribution in [2.45, 2.75) is 37.5 Å². The fourth-order valence-electron chi connectivity index (χ4n) is 0.935. The van der Waals surface area contributed by atoms with E-state index in [-0.39, 0.29) is 6.08 Å². The van der Waals surface area contributed by atoms with Gasteiger partial charge in [0.25, 0.3) is 6.43 Å². The van der Waals surface area contributed by atoms with Gasteiger partial charge in [-0.3, -0.25) is 4.89 Å². The number of carbonyl (C=O) groups excluding carboxylic acids is 1. The van der Waals surface area contributed by atoms with E-state index < -0.39 is 36.5 Å². The van der Waals surface area contributed by atoms with Crippen LogP contribution in [0.15, 0.2) is 12.7 Å². The lowest BCUT2D eigenvalue weighted by atomic mass is 9.94. The molecule has 0 aromatic carbocycles. The molecular formula is C9H9F7O3. The highest BCUT2D eigenvalue weighted by Crippen LogP contribution is 2.49. The summed E-state index contributed by atoms with van der Waals surface area (Å²) in [6.07, 6.45) is -11.5. The van der Waals surface area contributed by atoms with E-state index in [0.717, 1.165) is 0 Å². The first-order valence-corrected chi connectivity index (χ1v) is 4.71. The van der Waals surface area contributed by atoms with Gasteiger partial charge in [-0.2, -0.15) is 17.6 Å². The molecule has 0 aromatic rings. The number of halogens is 7. The minimum Gasteiger partial charge on any atom is -0.287 e. The van der Waals surface area contributed by atoms with Crippen LogP contribution >= 0.6 is 0 Å². The fraction of sp³-hybridized carbons (Fsp3) is 0.667. The maximum atomic E-state index is 13.3. The Kier molecular flexibility index (Phi) is 5.36. The number of rotatable bonds is 7. The third kappa shape index (κ3) is 3.17. The molecule has 0 fully saturated rings. The van der Waals surface area contributed by atoms with Gasteiger partial charge in [-0.1, -0.05) is 13.5 Å². The summed E-state index contributed by atoms with van der Waals surface area (Å²) < 4.78 is 89.7. The highest BCUT2D eigenvalue weighted by atomic mass is 19.3. The first-order chi connectivity index (χ1) is 8.46. The van der Waals surface area contributed by atoms with Crippen LogP contribution in [0.5, 0.6) is 0 Å². The average molecular weight is 298 g/mol. The zero-order valence-corrected chi connectivity index (χ0v) is 9.44. The van der Waals surface area contributed by atoms with E-state index in [4.69, 9.17) is 0 Å². The lowest BCUT2D eigenvalue weighted by Gasteiger charge is -2.34. The molecule has 10 heteroatoms. The van der Waals surface area contributed by atoms with Gasteiger partial charge in [-0.05, 0) is 6.42 Å². The molecule has 0 saturated carbocycles. The summed E-state index contributed by atoms with van der Waals surface area (Å²) >= 11 is 0. The molecule has 0 saturated heterocycles. The molecule has 3 nitrogen and oxygen atoms in total. The van der Waals surface area contributed by atoms with Crippen molar-refractivity contribution in [2.75, 3.05) is 0 Å². The summed E-state index contributed by atoms with van der Waals surface area (Å²) in [5.41, 5.74) is -4.85. The predicted molar refractivity (Wildman–Crippen MR) is 47.4 cm³/mol. The Labute approximate surface area is 102 Å². The van der Waals surface area contributed by atoms with Gasteiger partial charge < -0.3 is 0 Å². The van der Waals surface area contributed by atoms with E-state index in [0.29, 0.717) is 6.92 Å². The monoisotopic (exact) mass is 298 g/mol. The van der Waals surface area contributed by atoms with E-state index in [1.807, 2.05) is 0 Å². The summed E-state index contributed by atoms with van der Waals surface area (Å²) in [7, 11) is 0. The van der Waals surface area contributed by atoms with E-state index in [1.54, 1.807) is 0 Å². The van der Waals surface area contributed by atoms with Crippen molar-refractivity contribution in [3.63, 3.8) is 0 Å². The van der Waals surface area contributed by atoms with Crippen molar-refractivity contribution < 1.29 is 45.3 Å². The average Bonchev–Trinajstić information content (AvgIpc) is 2.33. The second-order valence-corrected chi connectivity index (χ2v) is 3.30. The van der Waals surface area contributed by atoms with Crippen molar-refractivity contribution in [2.24, 2.45) is 0 Å². The smallest absolute Gasteiger partial charge is 0.287 e. The van der Waals surface area contributed by atoms with Crippen LogP contribution in [0.3, 0.4) is 0 Å². The molecule has 0 aromatic heterocycles. The topological polar surface area (TPSA) is 35.5 Å². The third-order valence-electron chi connectivity index (χ3n) is 2.14. The maximum Gasteiger partial charge on any atom is 0.458 e. The van der Waals surface area contributed by atoms with Crippen LogP contribution < -0.4 is 0 Å². The van der Waals surface area contributed by atoms with Crippen molar-refractivity contribution in [1.82, 2.24) is 0 Å². The van der Waals surface area contributed by atoms with E-state index in [1.165, 1.54) is 0 Å². The summed E-state index contributed by atoms with van der Waals surface area (Å²) in [5.74, 6) is -7.61. The Morgan fingerprint density at radius 2 is 1.74 bits per heavy atom. The van der Waals surface area contributed by atoms with Crippen LogP contribution in [0.4, 0.5) is 30.7 Å². The first kappa shape index (κ1) is 17.7. The quantitative estimate of drug-likeness (QED) is 0.313. The molecule has 0 rings (SSSR count). The summed E-state index contributed by atoms with van der Waals surface area (Å²) in [5, 5.41) is 0. The van der Waals surface area contributed by atoms with Gasteiger partial charge in [0.15, 0.2) is 0 Å². The molecule has 0 radical (unpaired) electrons. The van der Waals surface area contributed by atoms with Crippen molar-refractivity contribution in [3.05, 3.63) is 12.7 Å². The maximum absolute atomic E-state index is 13.3. The Morgan fingerprint density at radius 1 is 1.26 bits per heavy atom. The minimum absolute atomic E-state index is 0.282. The highest BCUT2D eigenvalue weighted by molar-refractivity contribution is 5.80. The number of alkyl halides is 7. The normalized spacial score (nSPS) is 16.1. The van der Waals surface area contributed by atoms with Crippen LogP contribution in [-0.4, -0.2) is 30.1 Å². The van der Waals surface area contributed by atoms with Crippen molar-refractivity contribution >= 4 is 5.97 Å². The highest BCUT2D eigenvalue weighted by Gasteiger charge is 2.75. The van der Waals surface area contributed by atoms with Gasteiger partial charge >= 0.3 is 18.0 Å². The first-order valence-electron chi connectivity index (χ1n) is 4.71. The molecule has 0 spiro atoms.